The summed E-state index contributed by atoms with van der Waals surface area (Å²) in [6.07, 6.45) is 3.57. The minimum absolute atomic E-state index is 0.0163. The van der Waals surface area contributed by atoms with Crippen molar-refractivity contribution in [3.8, 4) is 0 Å². The molecule has 1 amide bonds. The monoisotopic (exact) mass is 333 g/mol. The summed E-state index contributed by atoms with van der Waals surface area (Å²) in [7, 11) is 0. The fourth-order valence-electron chi connectivity index (χ4n) is 2.95. The number of amides is 1. The Morgan fingerprint density at radius 1 is 1.30 bits per heavy atom. The number of rotatable bonds is 4. The summed E-state index contributed by atoms with van der Waals surface area (Å²) >= 11 is 5.88. The van der Waals surface area contributed by atoms with Crippen LogP contribution >= 0.6 is 11.6 Å². The Labute approximate surface area is 140 Å². The number of halogens is 1. The van der Waals surface area contributed by atoms with E-state index >= 15 is 0 Å². The average molecular weight is 334 g/mol. The summed E-state index contributed by atoms with van der Waals surface area (Å²) in [5, 5.41) is 14.6. The molecule has 0 saturated heterocycles. The Bertz CT molecular complexity index is 669. The number of aliphatic hydroxyl groups excluding tert-OH is 1. The van der Waals surface area contributed by atoms with E-state index in [9.17, 15) is 9.90 Å². The number of hydrogen-bond acceptors (Lipinski definition) is 3. The van der Waals surface area contributed by atoms with E-state index in [-0.39, 0.29) is 18.6 Å². The largest absolute Gasteiger partial charge is 0.394 e. The van der Waals surface area contributed by atoms with Crippen molar-refractivity contribution in [3.05, 3.63) is 52.8 Å². The third kappa shape index (κ3) is 3.74. The predicted molar refractivity (Wildman–Crippen MR) is 88.0 cm³/mol. The van der Waals surface area contributed by atoms with Gasteiger partial charge in [-0.2, -0.15) is 5.10 Å². The van der Waals surface area contributed by atoms with Crippen LogP contribution in [-0.2, 0) is 24.3 Å². The molecular weight excluding hydrogens is 314 g/mol. The predicted octanol–water partition coefficient (Wildman–Crippen LogP) is 2.26. The number of aliphatic hydroxyl groups is 1. The molecule has 0 unspecified atom stereocenters. The molecule has 2 heterocycles. The Kier molecular flexibility index (Phi) is 4.98. The molecule has 1 aliphatic heterocycles. The minimum atomic E-state index is -0.144. The van der Waals surface area contributed by atoms with Gasteiger partial charge in [0, 0.05) is 24.2 Å². The van der Waals surface area contributed by atoms with Crippen molar-refractivity contribution in [2.75, 3.05) is 6.61 Å². The molecule has 1 N–H and O–H groups in total. The number of aromatic nitrogens is 2. The lowest BCUT2D eigenvalue weighted by Gasteiger charge is -2.28. The van der Waals surface area contributed by atoms with Gasteiger partial charge in [-0.3, -0.25) is 9.48 Å². The van der Waals surface area contributed by atoms with Gasteiger partial charge in [0.2, 0.25) is 5.91 Å². The first-order valence-electron chi connectivity index (χ1n) is 7.83. The highest BCUT2D eigenvalue weighted by Crippen LogP contribution is 2.19. The zero-order valence-electron chi connectivity index (χ0n) is 12.9. The molecule has 0 aliphatic carbocycles. The van der Waals surface area contributed by atoms with Crippen LogP contribution in [0, 0.1) is 0 Å². The fourth-order valence-corrected chi connectivity index (χ4v) is 3.08. The summed E-state index contributed by atoms with van der Waals surface area (Å²) in [5.74, 6) is 0.0636. The highest BCUT2D eigenvalue weighted by Gasteiger charge is 2.27. The average Bonchev–Trinajstić information content (AvgIpc) is 2.93. The molecule has 0 radical (unpaired) electrons. The van der Waals surface area contributed by atoms with E-state index in [1.165, 1.54) is 0 Å². The molecule has 0 spiro atoms. The number of fused-ring (bicyclic) bond motifs is 1. The van der Waals surface area contributed by atoms with Crippen LogP contribution < -0.4 is 0 Å². The van der Waals surface area contributed by atoms with Crippen LogP contribution in [0.2, 0.25) is 5.02 Å². The van der Waals surface area contributed by atoms with Gasteiger partial charge >= 0.3 is 0 Å². The first-order chi connectivity index (χ1) is 11.2. The van der Waals surface area contributed by atoms with E-state index in [1.54, 1.807) is 11.1 Å². The van der Waals surface area contributed by atoms with Crippen molar-refractivity contribution in [2.24, 2.45) is 0 Å². The van der Waals surface area contributed by atoms with Gasteiger partial charge in [0.15, 0.2) is 0 Å². The Hall–Kier alpha value is -1.85. The molecule has 0 fully saturated rings. The molecule has 3 rings (SSSR count). The van der Waals surface area contributed by atoms with Crippen LogP contribution in [0.15, 0.2) is 36.5 Å². The lowest BCUT2D eigenvalue weighted by Crippen LogP contribution is -2.41. The number of carbonyl (C=O) groups excluding carboxylic acids is 1. The lowest BCUT2D eigenvalue weighted by atomic mass is 10.1. The molecule has 1 aromatic heterocycles. The van der Waals surface area contributed by atoms with Crippen LogP contribution in [0.1, 0.15) is 24.1 Å². The van der Waals surface area contributed by atoms with Crippen LogP contribution in [0.25, 0.3) is 0 Å². The van der Waals surface area contributed by atoms with Crippen LogP contribution in [0.4, 0.5) is 0 Å². The van der Waals surface area contributed by atoms with Gasteiger partial charge in [0.25, 0.3) is 0 Å². The third-order valence-corrected chi connectivity index (χ3v) is 4.58. The molecular formula is C17H20ClN3O2. The van der Waals surface area contributed by atoms with Crippen molar-refractivity contribution >= 4 is 17.5 Å². The number of hydrogen-bond donors (Lipinski definition) is 1. The topological polar surface area (TPSA) is 58.4 Å². The lowest BCUT2D eigenvalue weighted by molar-refractivity contribution is -0.135. The van der Waals surface area contributed by atoms with E-state index in [2.05, 4.69) is 5.10 Å². The molecule has 2 aromatic rings. The molecule has 1 aliphatic rings. The van der Waals surface area contributed by atoms with Crippen LogP contribution in [-0.4, -0.2) is 38.3 Å². The maximum atomic E-state index is 12.7. The SMILES string of the molecule is O=C(CCc1ccc(Cl)cc1)N1Cc2ccnn2CC[C@@H]1CO. The van der Waals surface area contributed by atoms with E-state index in [0.717, 1.165) is 24.2 Å². The van der Waals surface area contributed by atoms with Crippen molar-refractivity contribution in [1.29, 1.82) is 0 Å². The van der Waals surface area contributed by atoms with Gasteiger partial charge in [-0.15, -0.1) is 0 Å². The van der Waals surface area contributed by atoms with Gasteiger partial charge < -0.3 is 10.0 Å². The number of nitrogens with zero attached hydrogens (tertiary/aromatic N) is 3. The molecule has 23 heavy (non-hydrogen) atoms. The molecule has 0 saturated carbocycles. The summed E-state index contributed by atoms with van der Waals surface area (Å²) in [4.78, 5) is 14.4. The Morgan fingerprint density at radius 3 is 2.83 bits per heavy atom. The van der Waals surface area contributed by atoms with Gasteiger partial charge in [0.05, 0.1) is 24.9 Å². The van der Waals surface area contributed by atoms with Crippen molar-refractivity contribution in [3.63, 3.8) is 0 Å². The minimum Gasteiger partial charge on any atom is -0.394 e. The zero-order chi connectivity index (χ0) is 16.2. The van der Waals surface area contributed by atoms with E-state index < -0.39 is 0 Å². The van der Waals surface area contributed by atoms with Gasteiger partial charge in [-0.1, -0.05) is 23.7 Å². The highest BCUT2D eigenvalue weighted by atomic mass is 35.5. The second-order valence-corrected chi connectivity index (χ2v) is 6.26. The van der Waals surface area contributed by atoms with Crippen molar-refractivity contribution in [1.82, 2.24) is 14.7 Å². The number of aryl methyl sites for hydroxylation is 2. The first-order valence-corrected chi connectivity index (χ1v) is 8.20. The van der Waals surface area contributed by atoms with Crippen LogP contribution in [0.5, 0.6) is 0 Å². The van der Waals surface area contributed by atoms with Crippen molar-refractivity contribution in [2.45, 2.75) is 38.4 Å². The van der Waals surface area contributed by atoms with E-state index in [1.807, 2.05) is 35.0 Å². The third-order valence-electron chi connectivity index (χ3n) is 4.32. The maximum absolute atomic E-state index is 12.7. The van der Waals surface area contributed by atoms with E-state index in [4.69, 9.17) is 11.6 Å². The van der Waals surface area contributed by atoms with Gasteiger partial charge in [0.1, 0.15) is 0 Å². The molecule has 5 nitrogen and oxygen atoms in total. The van der Waals surface area contributed by atoms with Crippen molar-refractivity contribution < 1.29 is 9.90 Å². The first kappa shape index (κ1) is 16.0. The smallest absolute Gasteiger partial charge is 0.223 e. The normalized spacial score (nSPS) is 17.7. The van der Waals surface area contributed by atoms with E-state index in [0.29, 0.717) is 24.4 Å². The number of benzene rings is 1. The quantitative estimate of drug-likeness (QED) is 0.933. The molecule has 1 atom stereocenters. The molecule has 0 bridgehead atoms. The Morgan fingerprint density at radius 2 is 2.09 bits per heavy atom. The molecule has 1 aromatic carbocycles. The fraction of sp³-hybridized carbons (Fsp3) is 0.412. The second-order valence-electron chi connectivity index (χ2n) is 5.82. The highest BCUT2D eigenvalue weighted by molar-refractivity contribution is 6.30. The van der Waals surface area contributed by atoms with Crippen LogP contribution in [0.3, 0.4) is 0 Å². The second kappa shape index (κ2) is 7.15. The summed E-state index contributed by atoms with van der Waals surface area (Å²) in [5.41, 5.74) is 2.10. The van der Waals surface area contributed by atoms with Gasteiger partial charge in [-0.05, 0) is 36.6 Å². The molecule has 122 valence electrons. The maximum Gasteiger partial charge on any atom is 0.223 e. The molecule has 6 heteroatoms. The van der Waals surface area contributed by atoms with Gasteiger partial charge in [-0.25, -0.2) is 0 Å². The Balaban J connectivity index is 1.67. The summed E-state index contributed by atoms with van der Waals surface area (Å²) < 4.78 is 1.91. The summed E-state index contributed by atoms with van der Waals surface area (Å²) in [6.45, 7) is 1.22. The standard InChI is InChI=1S/C17H20ClN3O2/c18-14-4-1-13(2-5-14)3-6-17(23)20-11-15-7-9-19-21(15)10-8-16(20)12-22/h1-2,4-5,7,9,16,22H,3,6,8,10-12H2/t16-/m1/s1. The number of carbonyl (C=O) groups is 1. The summed E-state index contributed by atoms with van der Waals surface area (Å²) in [6, 6.07) is 9.34. The zero-order valence-corrected chi connectivity index (χ0v) is 13.6.